The summed E-state index contributed by atoms with van der Waals surface area (Å²) in [5.74, 6) is 0.220. The number of benzene rings is 9. The van der Waals surface area contributed by atoms with Gasteiger partial charge in [0.25, 0.3) is 0 Å². The molecule has 1 unspecified atom stereocenters. The number of nitriles is 4. The second-order valence-electron chi connectivity index (χ2n) is 20.0. The van der Waals surface area contributed by atoms with Crippen molar-refractivity contribution in [1.29, 1.82) is 21.0 Å². The van der Waals surface area contributed by atoms with E-state index in [1.54, 1.807) is 0 Å². The van der Waals surface area contributed by atoms with Gasteiger partial charge in [0.1, 0.15) is 34.5 Å². The number of anilines is 4. The van der Waals surface area contributed by atoms with Crippen LogP contribution < -0.4 is 9.80 Å². The third kappa shape index (κ3) is 6.74. The van der Waals surface area contributed by atoms with E-state index in [9.17, 15) is 21.0 Å². The van der Waals surface area contributed by atoms with Crippen LogP contribution in [0.2, 0.25) is 0 Å². The van der Waals surface area contributed by atoms with E-state index in [0.29, 0.717) is 44.7 Å². The molecule has 0 fully saturated rings. The van der Waals surface area contributed by atoms with Crippen LogP contribution in [-0.2, 0) is 0 Å². The Morgan fingerprint density at radius 3 is 1.86 bits per heavy atom. The highest BCUT2D eigenvalue weighted by atomic mass is 16.3. The molecule has 1 aliphatic carbocycles. The summed E-state index contributed by atoms with van der Waals surface area (Å²) in [6.45, 7) is 0. The number of allylic oxidation sites excluding steroid dienone is 9. The van der Waals surface area contributed by atoms with Crippen LogP contribution in [0, 0.1) is 45.3 Å². The summed E-state index contributed by atoms with van der Waals surface area (Å²) >= 11 is 0. The number of para-hydroxylation sites is 5. The van der Waals surface area contributed by atoms with Crippen molar-refractivity contribution in [3.8, 4) is 30.0 Å². The molecule has 13 aromatic rings. The first kappa shape index (κ1) is 45.8. The molecular weight excluding hydrogens is 985 g/mol. The molecule has 0 amide bonds. The fraction of sp³-hybridized carbons (Fsp3) is 0.0286. The number of rotatable bonds is 8. The molecule has 10 heteroatoms. The van der Waals surface area contributed by atoms with Gasteiger partial charge in [-0.05, 0) is 115 Å². The van der Waals surface area contributed by atoms with Gasteiger partial charge in [0.2, 0.25) is 0 Å². The van der Waals surface area contributed by atoms with Crippen molar-refractivity contribution in [1.82, 2.24) is 9.13 Å². The van der Waals surface area contributed by atoms with E-state index in [0.717, 1.165) is 77.6 Å². The fourth-order valence-corrected chi connectivity index (χ4v) is 12.6. The Balaban J connectivity index is 0.954. The van der Waals surface area contributed by atoms with Crippen molar-refractivity contribution in [3.63, 3.8) is 0 Å². The zero-order chi connectivity index (χ0) is 53.6. The average Bonchev–Trinajstić information content (AvgIpc) is 4.44. The van der Waals surface area contributed by atoms with E-state index in [2.05, 4.69) is 107 Å². The molecular formula is C70H40N8O2. The Hall–Kier alpha value is -11.6. The van der Waals surface area contributed by atoms with Crippen molar-refractivity contribution in [2.45, 2.75) is 12.3 Å². The van der Waals surface area contributed by atoms with Crippen LogP contribution >= 0.6 is 0 Å². The van der Waals surface area contributed by atoms with Gasteiger partial charge >= 0.3 is 0 Å². The van der Waals surface area contributed by atoms with Crippen molar-refractivity contribution < 1.29 is 8.83 Å². The third-order valence-electron chi connectivity index (χ3n) is 15.9. The van der Waals surface area contributed by atoms with Crippen LogP contribution in [0.1, 0.15) is 17.9 Å². The van der Waals surface area contributed by atoms with Gasteiger partial charge in [0, 0.05) is 96.0 Å². The number of aromatic nitrogens is 2. The molecule has 0 saturated carbocycles. The first-order valence-corrected chi connectivity index (χ1v) is 26.2. The van der Waals surface area contributed by atoms with Gasteiger partial charge in [-0.1, -0.05) is 103 Å². The van der Waals surface area contributed by atoms with Gasteiger partial charge in [-0.25, -0.2) is 0 Å². The van der Waals surface area contributed by atoms with Crippen molar-refractivity contribution in [2.75, 3.05) is 9.80 Å². The molecule has 1 atom stereocenters. The summed E-state index contributed by atoms with van der Waals surface area (Å²) in [6, 6.07) is 74.1. The van der Waals surface area contributed by atoms with Gasteiger partial charge in [-0.3, -0.25) is 0 Å². The lowest BCUT2D eigenvalue weighted by molar-refractivity contribution is 0.669. The van der Waals surface area contributed by atoms with Crippen molar-refractivity contribution in [3.05, 3.63) is 253 Å². The molecule has 80 heavy (non-hydrogen) atoms. The highest BCUT2D eigenvalue weighted by Gasteiger charge is 2.35. The molecule has 0 bridgehead atoms. The number of nitrogens with zero attached hydrogens (tertiary/aromatic N) is 8. The summed E-state index contributed by atoms with van der Waals surface area (Å²) in [5.41, 5.74) is 12.5. The molecule has 372 valence electrons. The molecule has 10 nitrogen and oxygen atoms in total. The summed E-state index contributed by atoms with van der Waals surface area (Å²) < 4.78 is 17.4. The van der Waals surface area contributed by atoms with Gasteiger partial charge in [-0.2, -0.15) is 21.0 Å². The van der Waals surface area contributed by atoms with Crippen LogP contribution in [-0.4, -0.2) is 9.13 Å². The molecule has 0 radical (unpaired) electrons. The Kier molecular flexibility index (Phi) is 10.3. The number of hydrogen-bond acceptors (Lipinski definition) is 8. The molecule has 4 aromatic heterocycles. The standard InChI is InChI=1S/C70H40N8O2/c71-37-35-63(75(46-29-31-53-51-17-5-11-23-66(51)79-68(53)40-46)43-25-27-44(28-26-43)76-58-19-7-1-13-47(58)48-14-2-8-20-59(48)76)56(41-73)57(42-74)64(36-38-72)78-62-33-30-45(77-60-21-9-3-15-49(60)50-16-4-10-22-61(50)77)39-55(62)69-65(78)34-32-54-52-18-6-12-24-67(52)80-70(54)69/h1-13,15-36,39-40,48H,14H2/b57-56-,63-35-,64-36-. The number of furan rings is 2. The summed E-state index contributed by atoms with van der Waals surface area (Å²) in [6.07, 6.45) is 9.97. The van der Waals surface area contributed by atoms with E-state index >= 15 is 0 Å². The largest absolute Gasteiger partial charge is 0.456 e. The topological polar surface area (TPSA) is 138 Å². The predicted molar refractivity (Wildman–Crippen MR) is 318 cm³/mol. The molecule has 5 heterocycles. The maximum atomic E-state index is 11.7. The Bertz CT molecular complexity index is 5120. The van der Waals surface area contributed by atoms with Crippen LogP contribution in [0.4, 0.5) is 22.7 Å². The Labute approximate surface area is 457 Å². The molecule has 0 N–H and O–H groups in total. The van der Waals surface area contributed by atoms with Crippen LogP contribution in [0.15, 0.2) is 256 Å². The molecule has 2 aliphatic rings. The zero-order valence-electron chi connectivity index (χ0n) is 42.5. The van der Waals surface area contributed by atoms with Gasteiger partial charge < -0.3 is 27.8 Å². The zero-order valence-corrected chi connectivity index (χ0v) is 42.5. The SMILES string of the molecule is N#C/C=C(/C(C#N)=C(C#N)\C(=C\C#N)n1c2ccc(-n3c4ccccc4c4ccccc43)cc2c2c3oc4ccccc4c3ccc21)N(c1ccc(N2C3=CC=CCC3c3ccccc32)cc1)c1ccc2c(c1)oc1ccccc12. The van der Waals surface area contributed by atoms with E-state index in [1.807, 2.05) is 149 Å². The maximum absolute atomic E-state index is 11.7. The lowest BCUT2D eigenvalue weighted by atomic mass is 9.92. The molecule has 1 aliphatic heterocycles. The van der Waals surface area contributed by atoms with E-state index < -0.39 is 0 Å². The van der Waals surface area contributed by atoms with Crippen LogP contribution in [0.25, 0.3) is 98.9 Å². The average molecular weight is 1030 g/mol. The Morgan fingerprint density at radius 1 is 0.512 bits per heavy atom. The summed E-state index contributed by atoms with van der Waals surface area (Å²) in [7, 11) is 0. The minimum absolute atomic E-state index is 0.111. The number of fused-ring (bicyclic) bond motifs is 16. The van der Waals surface area contributed by atoms with Gasteiger partial charge in [0.05, 0.1) is 62.1 Å². The summed E-state index contributed by atoms with van der Waals surface area (Å²) in [5, 5.41) is 52.6. The molecule has 0 saturated heterocycles. The maximum Gasteiger partial charge on any atom is 0.145 e. The van der Waals surface area contributed by atoms with E-state index in [1.165, 1.54) is 23.4 Å². The normalized spacial score (nSPS) is 14.6. The highest BCUT2D eigenvalue weighted by Crippen LogP contribution is 2.51. The van der Waals surface area contributed by atoms with Gasteiger partial charge in [0.15, 0.2) is 0 Å². The first-order chi connectivity index (χ1) is 39.5. The van der Waals surface area contributed by atoms with Crippen molar-refractivity contribution in [2.24, 2.45) is 0 Å². The summed E-state index contributed by atoms with van der Waals surface area (Å²) in [4.78, 5) is 4.10. The third-order valence-corrected chi connectivity index (χ3v) is 15.9. The lowest BCUT2D eigenvalue weighted by Gasteiger charge is -2.29. The molecule has 0 spiro atoms. The van der Waals surface area contributed by atoms with Gasteiger partial charge in [-0.15, -0.1) is 0 Å². The Morgan fingerprint density at radius 2 is 1.12 bits per heavy atom. The highest BCUT2D eigenvalue weighted by molar-refractivity contribution is 6.25. The minimum atomic E-state index is -0.137. The number of hydrogen-bond donors (Lipinski definition) is 0. The fourth-order valence-electron chi connectivity index (χ4n) is 12.6. The second-order valence-corrected chi connectivity index (χ2v) is 20.0. The predicted octanol–water partition coefficient (Wildman–Crippen LogP) is 17.7. The first-order valence-electron chi connectivity index (χ1n) is 26.2. The smallest absolute Gasteiger partial charge is 0.145 e. The van der Waals surface area contributed by atoms with Crippen LogP contribution in [0.5, 0.6) is 0 Å². The second kappa shape index (κ2) is 18.0. The van der Waals surface area contributed by atoms with Crippen molar-refractivity contribution >= 4 is 116 Å². The molecule has 9 aromatic carbocycles. The lowest BCUT2D eigenvalue weighted by Crippen LogP contribution is -2.20. The van der Waals surface area contributed by atoms with E-state index in [-0.39, 0.29) is 28.5 Å². The monoisotopic (exact) mass is 1020 g/mol. The molecule has 15 rings (SSSR count). The minimum Gasteiger partial charge on any atom is -0.456 e. The quantitative estimate of drug-likeness (QED) is 0.108. The van der Waals surface area contributed by atoms with E-state index in [4.69, 9.17) is 8.83 Å². The van der Waals surface area contributed by atoms with Crippen LogP contribution in [0.3, 0.4) is 0 Å².